The number of nitrogens with zero attached hydrogens (tertiary/aromatic N) is 1. The molecule has 2 heterocycles. The van der Waals surface area contributed by atoms with Crippen molar-refractivity contribution >= 4 is 22.8 Å². The van der Waals surface area contributed by atoms with E-state index >= 15 is 0 Å². The van der Waals surface area contributed by atoms with Gasteiger partial charge in [0.25, 0.3) is 0 Å². The molecule has 2 rings (SSSR count). The molecule has 4 heteroatoms. The minimum absolute atomic E-state index is 0.226. The van der Waals surface area contributed by atoms with Crippen molar-refractivity contribution in [2.45, 2.75) is 19.9 Å². The first-order chi connectivity index (χ1) is 7.66. The number of aromatic nitrogens is 1. The highest BCUT2D eigenvalue weighted by Crippen LogP contribution is 2.23. The molecule has 0 saturated carbocycles. The summed E-state index contributed by atoms with van der Waals surface area (Å²) < 4.78 is 0. The molecule has 0 bridgehead atoms. The quantitative estimate of drug-likeness (QED) is 0.856. The van der Waals surface area contributed by atoms with Crippen LogP contribution in [0.5, 0.6) is 0 Å². The van der Waals surface area contributed by atoms with Gasteiger partial charge in [0, 0.05) is 6.20 Å². The Labute approximate surface area is 99.3 Å². The Bertz CT molecular complexity index is 465. The normalized spacial score (nSPS) is 12.4. The molecule has 3 nitrogen and oxygen atoms in total. The van der Waals surface area contributed by atoms with Gasteiger partial charge in [0.05, 0.1) is 11.7 Å². The van der Waals surface area contributed by atoms with Crippen molar-refractivity contribution in [2.75, 3.05) is 11.1 Å². The lowest BCUT2D eigenvalue weighted by molar-refractivity contribution is 0.880. The molecule has 1 unspecified atom stereocenters. The van der Waals surface area contributed by atoms with Gasteiger partial charge in [-0.2, -0.15) is 11.3 Å². The molecule has 16 heavy (non-hydrogen) atoms. The molecule has 0 spiro atoms. The molecular formula is C12H15N3S. The first kappa shape index (κ1) is 11.0. The summed E-state index contributed by atoms with van der Waals surface area (Å²) in [4.78, 5) is 4.29. The Balaban J connectivity index is 2.15. The number of hydrogen-bond donors (Lipinski definition) is 2. The number of nitrogens with one attached hydrogen (secondary N) is 1. The van der Waals surface area contributed by atoms with E-state index in [1.165, 1.54) is 5.56 Å². The maximum Gasteiger partial charge on any atom is 0.149 e. The summed E-state index contributed by atoms with van der Waals surface area (Å²) in [7, 11) is 0. The highest BCUT2D eigenvalue weighted by atomic mass is 32.1. The summed E-state index contributed by atoms with van der Waals surface area (Å²) in [5.74, 6) is 0.754. The highest BCUT2D eigenvalue weighted by molar-refractivity contribution is 7.07. The lowest BCUT2D eigenvalue weighted by Gasteiger charge is -2.14. The second-order valence-electron chi connectivity index (χ2n) is 3.87. The van der Waals surface area contributed by atoms with E-state index in [2.05, 4.69) is 34.1 Å². The van der Waals surface area contributed by atoms with Crippen LogP contribution in [0.25, 0.3) is 0 Å². The third kappa shape index (κ3) is 2.33. The summed E-state index contributed by atoms with van der Waals surface area (Å²) in [6, 6.07) is 4.26. The fourth-order valence-corrected chi connectivity index (χ4v) is 2.28. The lowest BCUT2D eigenvalue weighted by atomic mass is 10.2. The molecule has 0 saturated heterocycles. The lowest BCUT2D eigenvalue weighted by Crippen LogP contribution is -2.09. The molecule has 0 radical (unpaired) electrons. The number of pyridine rings is 1. The van der Waals surface area contributed by atoms with Crippen LogP contribution in [0.1, 0.15) is 24.1 Å². The van der Waals surface area contributed by atoms with Crippen LogP contribution in [0.15, 0.2) is 29.1 Å². The number of anilines is 2. The maximum atomic E-state index is 5.90. The summed E-state index contributed by atoms with van der Waals surface area (Å²) in [5.41, 5.74) is 8.93. The SMILES string of the molecule is Cc1cnc(NC(C)c2ccsc2)c(N)c1. The Morgan fingerprint density at radius 1 is 1.50 bits per heavy atom. The maximum absolute atomic E-state index is 5.90. The summed E-state index contributed by atoms with van der Waals surface area (Å²) in [5, 5.41) is 7.51. The van der Waals surface area contributed by atoms with E-state index in [4.69, 9.17) is 5.73 Å². The van der Waals surface area contributed by atoms with Crippen LogP contribution in [0, 0.1) is 6.92 Å². The van der Waals surface area contributed by atoms with Crippen molar-refractivity contribution in [3.63, 3.8) is 0 Å². The Morgan fingerprint density at radius 3 is 2.94 bits per heavy atom. The largest absolute Gasteiger partial charge is 0.396 e. The van der Waals surface area contributed by atoms with Crippen LogP contribution in [0.3, 0.4) is 0 Å². The zero-order valence-corrected chi connectivity index (χ0v) is 10.2. The van der Waals surface area contributed by atoms with E-state index in [1.807, 2.05) is 19.2 Å². The van der Waals surface area contributed by atoms with Gasteiger partial charge in [-0.1, -0.05) is 0 Å². The van der Waals surface area contributed by atoms with Crippen molar-refractivity contribution in [2.24, 2.45) is 0 Å². The zero-order valence-electron chi connectivity index (χ0n) is 9.40. The molecule has 84 valence electrons. The monoisotopic (exact) mass is 233 g/mol. The minimum atomic E-state index is 0.226. The molecule has 2 aromatic rings. The minimum Gasteiger partial charge on any atom is -0.396 e. The third-order valence-electron chi connectivity index (χ3n) is 2.45. The van der Waals surface area contributed by atoms with Crippen LogP contribution in [0.2, 0.25) is 0 Å². The third-order valence-corrected chi connectivity index (χ3v) is 3.15. The molecule has 0 aromatic carbocycles. The second-order valence-corrected chi connectivity index (χ2v) is 4.65. The molecule has 3 N–H and O–H groups in total. The number of thiophene rings is 1. The number of aryl methyl sites for hydroxylation is 1. The van der Waals surface area contributed by atoms with Gasteiger partial charge in [0.1, 0.15) is 5.82 Å². The van der Waals surface area contributed by atoms with E-state index in [-0.39, 0.29) is 6.04 Å². The van der Waals surface area contributed by atoms with E-state index in [0.29, 0.717) is 5.69 Å². The molecule has 2 aromatic heterocycles. The van der Waals surface area contributed by atoms with Crippen LogP contribution in [0.4, 0.5) is 11.5 Å². The summed E-state index contributed by atoms with van der Waals surface area (Å²) in [6.45, 7) is 4.08. The van der Waals surface area contributed by atoms with Gasteiger partial charge in [-0.25, -0.2) is 4.98 Å². The zero-order chi connectivity index (χ0) is 11.5. The first-order valence-corrected chi connectivity index (χ1v) is 6.12. The van der Waals surface area contributed by atoms with Crippen molar-refractivity contribution in [1.82, 2.24) is 4.98 Å². The molecule has 0 fully saturated rings. The molecule has 0 aliphatic carbocycles. The van der Waals surface area contributed by atoms with Crippen LogP contribution >= 0.6 is 11.3 Å². The van der Waals surface area contributed by atoms with E-state index < -0.39 is 0 Å². The topological polar surface area (TPSA) is 50.9 Å². The Hall–Kier alpha value is -1.55. The number of hydrogen-bond acceptors (Lipinski definition) is 4. The van der Waals surface area contributed by atoms with Crippen LogP contribution < -0.4 is 11.1 Å². The Kier molecular flexibility index (Phi) is 3.10. The van der Waals surface area contributed by atoms with Gasteiger partial charge < -0.3 is 11.1 Å². The average molecular weight is 233 g/mol. The standard InChI is InChI=1S/C12H15N3S/c1-8-5-11(13)12(14-6-8)15-9(2)10-3-4-16-7-10/h3-7,9H,13H2,1-2H3,(H,14,15). The second kappa shape index (κ2) is 4.53. The van der Waals surface area contributed by atoms with Crippen molar-refractivity contribution < 1.29 is 0 Å². The number of nitrogen functional groups attached to an aromatic ring is 1. The van der Waals surface area contributed by atoms with Crippen molar-refractivity contribution in [3.8, 4) is 0 Å². The first-order valence-electron chi connectivity index (χ1n) is 5.17. The average Bonchev–Trinajstić information content (AvgIpc) is 2.75. The van der Waals surface area contributed by atoms with Gasteiger partial charge in [-0.15, -0.1) is 0 Å². The van der Waals surface area contributed by atoms with E-state index in [9.17, 15) is 0 Å². The smallest absolute Gasteiger partial charge is 0.149 e. The van der Waals surface area contributed by atoms with Gasteiger partial charge in [0.15, 0.2) is 0 Å². The van der Waals surface area contributed by atoms with Crippen molar-refractivity contribution in [1.29, 1.82) is 0 Å². The summed E-state index contributed by atoms with van der Waals surface area (Å²) >= 11 is 1.69. The van der Waals surface area contributed by atoms with Gasteiger partial charge in [-0.05, 0) is 47.9 Å². The van der Waals surface area contributed by atoms with Gasteiger partial charge >= 0.3 is 0 Å². The predicted octanol–water partition coefficient (Wildman–Crippen LogP) is 3.21. The van der Waals surface area contributed by atoms with E-state index in [1.54, 1.807) is 11.3 Å². The Morgan fingerprint density at radius 2 is 2.31 bits per heavy atom. The number of nitrogens with two attached hydrogens (primary N) is 1. The fourth-order valence-electron chi connectivity index (χ4n) is 1.52. The molecule has 1 atom stereocenters. The van der Waals surface area contributed by atoms with Crippen molar-refractivity contribution in [3.05, 3.63) is 40.2 Å². The highest BCUT2D eigenvalue weighted by Gasteiger charge is 2.08. The summed E-state index contributed by atoms with van der Waals surface area (Å²) in [6.07, 6.45) is 1.82. The molecular weight excluding hydrogens is 218 g/mol. The van der Waals surface area contributed by atoms with Crippen LogP contribution in [-0.2, 0) is 0 Å². The van der Waals surface area contributed by atoms with Gasteiger partial charge in [-0.3, -0.25) is 0 Å². The fraction of sp³-hybridized carbons (Fsp3) is 0.250. The molecule has 0 aliphatic rings. The predicted molar refractivity (Wildman–Crippen MR) is 69.7 cm³/mol. The van der Waals surface area contributed by atoms with E-state index in [0.717, 1.165) is 11.4 Å². The molecule has 0 aliphatic heterocycles. The van der Waals surface area contributed by atoms with Crippen LogP contribution in [-0.4, -0.2) is 4.98 Å². The number of rotatable bonds is 3. The molecule has 0 amide bonds. The van der Waals surface area contributed by atoms with Gasteiger partial charge in [0.2, 0.25) is 0 Å².